The fourth-order valence-electron chi connectivity index (χ4n) is 10.3. The largest absolute Gasteiger partial charge is 0.422 e. The first-order valence-corrected chi connectivity index (χ1v) is 17.6. The molecule has 3 fully saturated rings. The molecular formula is C40H53N3O4. The summed E-state index contributed by atoms with van der Waals surface area (Å²) in [4.78, 5) is 48.9. The molecule has 0 bridgehead atoms. The van der Waals surface area contributed by atoms with Crippen molar-refractivity contribution >= 4 is 17.7 Å². The molecule has 0 aromatic carbocycles. The third-order valence-electron chi connectivity index (χ3n) is 13.9. The second kappa shape index (κ2) is 11.1. The van der Waals surface area contributed by atoms with Crippen molar-refractivity contribution in [3.63, 3.8) is 0 Å². The van der Waals surface area contributed by atoms with Gasteiger partial charge in [-0.15, -0.1) is 0 Å². The maximum absolute atomic E-state index is 14.0. The molecule has 7 nitrogen and oxygen atoms in total. The number of carbonyl (C=O) groups is 3. The van der Waals surface area contributed by atoms with Crippen LogP contribution in [0, 0.1) is 53.8 Å². The number of esters is 1. The van der Waals surface area contributed by atoms with E-state index >= 15 is 0 Å². The average Bonchev–Trinajstić information content (AvgIpc) is 3.02. The van der Waals surface area contributed by atoms with E-state index in [9.17, 15) is 14.4 Å². The highest BCUT2D eigenvalue weighted by Gasteiger charge is 2.67. The summed E-state index contributed by atoms with van der Waals surface area (Å²) >= 11 is 0. The molecule has 1 N–H and O–H groups in total. The van der Waals surface area contributed by atoms with Crippen LogP contribution >= 0.6 is 0 Å². The number of carbonyl (C=O) groups excluding carboxylic acids is 3. The second-order valence-electron chi connectivity index (χ2n) is 16.5. The number of ketones is 1. The zero-order chi connectivity index (χ0) is 34.3. The summed E-state index contributed by atoms with van der Waals surface area (Å²) in [6.07, 6.45) is 13.4. The highest BCUT2D eigenvalue weighted by atomic mass is 16.5. The summed E-state index contributed by atoms with van der Waals surface area (Å²) < 4.78 is 5.52. The Morgan fingerprint density at radius 3 is 2.28 bits per heavy atom. The molecule has 47 heavy (non-hydrogen) atoms. The summed E-state index contributed by atoms with van der Waals surface area (Å²) in [5.74, 6) is 0.0436. The molecule has 3 saturated carbocycles. The molecule has 0 aliphatic heterocycles. The summed E-state index contributed by atoms with van der Waals surface area (Å²) in [6.45, 7) is 21.9. The van der Waals surface area contributed by atoms with E-state index in [1.54, 1.807) is 13.0 Å². The number of ether oxygens (including phenoxy) is 1. The fourth-order valence-corrected chi connectivity index (χ4v) is 10.3. The van der Waals surface area contributed by atoms with Gasteiger partial charge in [-0.05, 0) is 112 Å². The summed E-state index contributed by atoms with van der Waals surface area (Å²) in [6, 6.07) is 0. The van der Waals surface area contributed by atoms with Crippen LogP contribution in [-0.2, 0) is 25.7 Å². The number of fused-ring (bicyclic) bond motifs is 7. The van der Waals surface area contributed by atoms with Crippen molar-refractivity contribution in [3.05, 3.63) is 69.1 Å². The van der Waals surface area contributed by atoms with Crippen LogP contribution in [0.25, 0.3) is 0 Å². The van der Waals surface area contributed by atoms with E-state index in [2.05, 4.69) is 57.1 Å². The predicted octanol–water partition coefficient (Wildman–Crippen LogP) is 8.04. The summed E-state index contributed by atoms with van der Waals surface area (Å²) in [7, 11) is 0. The Kier molecular flexibility index (Phi) is 7.92. The molecule has 1 amide bonds. The van der Waals surface area contributed by atoms with Gasteiger partial charge in [-0.1, -0.05) is 59.3 Å². The zero-order valence-electron chi connectivity index (χ0n) is 30.2. The Morgan fingerprint density at radius 1 is 0.894 bits per heavy atom. The zero-order valence-corrected chi connectivity index (χ0v) is 30.2. The van der Waals surface area contributed by atoms with Gasteiger partial charge in [0.15, 0.2) is 5.76 Å². The average molecular weight is 640 g/mol. The highest BCUT2D eigenvalue weighted by molar-refractivity contribution is 6.08. The van der Waals surface area contributed by atoms with Crippen LogP contribution in [0.2, 0.25) is 0 Å². The summed E-state index contributed by atoms with van der Waals surface area (Å²) in [5, 5.41) is 3.27. The molecule has 0 radical (unpaired) electrons. The van der Waals surface area contributed by atoms with Crippen LogP contribution in [0.15, 0.2) is 46.3 Å². The first-order valence-electron chi connectivity index (χ1n) is 17.6. The fraction of sp³-hybridized carbons (Fsp3) is 0.625. The van der Waals surface area contributed by atoms with Gasteiger partial charge in [0.1, 0.15) is 0 Å². The minimum Gasteiger partial charge on any atom is -0.422 e. The van der Waals surface area contributed by atoms with Crippen LogP contribution < -0.4 is 5.32 Å². The lowest BCUT2D eigenvalue weighted by Crippen LogP contribution is -2.62. The van der Waals surface area contributed by atoms with E-state index < -0.39 is 11.4 Å². The topological polar surface area (TPSA) is 98.2 Å². The third kappa shape index (κ3) is 4.92. The smallest absolute Gasteiger partial charge is 0.311 e. The number of aromatic nitrogens is 2. The lowest BCUT2D eigenvalue weighted by atomic mass is 9.34. The number of hydrogen-bond acceptors (Lipinski definition) is 6. The van der Waals surface area contributed by atoms with Crippen molar-refractivity contribution in [2.75, 3.05) is 0 Å². The van der Waals surface area contributed by atoms with E-state index in [0.29, 0.717) is 12.5 Å². The van der Waals surface area contributed by atoms with Gasteiger partial charge in [0, 0.05) is 22.8 Å². The van der Waals surface area contributed by atoms with E-state index in [1.807, 2.05) is 27.7 Å². The number of aryl methyl sites for hydroxylation is 3. The molecule has 0 unspecified atom stereocenters. The van der Waals surface area contributed by atoms with Gasteiger partial charge < -0.3 is 10.1 Å². The summed E-state index contributed by atoms with van der Waals surface area (Å²) in [5.41, 5.74) is 7.06. The Morgan fingerprint density at radius 2 is 1.57 bits per heavy atom. The molecule has 0 spiro atoms. The number of rotatable bonds is 5. The molecule has 1 aromatic heterocycles. The van der Waals surface area contributed by atoms with Crippen molar-refractivity contribution in [1.82, 2.24) is 15.3 Å². The number of nitrogens with one attached hydrogen (secondary N) is 1. The molecule has 252 valence electrons. The van der Waals surface area contributed by atoms with Crippen molar-refractivity contribution < 1.29 is 19.1 Å². The van der Waals surface area contributed by atoms with Crippen LogP contribution in [0.3, 0.4) is 0 Å². The third-order valence-corrected chi connectivity index (χ3v) is 13.9. The lowest BCUT2D eigenvalue weighted by molar-refractivity contribution is -0.169. The molecular weight excluding hydrogens is 586 g/mol. The van der Waals surface area contributed by atoms with Crippen molar-refractivity contribution in [3.8, 4) is 0 Å². The molecule has 5 aliphatic carbocycles. The van der Waals surface area contributed by atoms with Crippen molar-refractivity contribution in [2.24, 2.45) is 33.0 Å². The highest BCUT2D eigenvalue weighted by Crippen LogP contribution is 2.75. The van der Waals surface area contributed by atoms with E-state index in [4.69, 9.17) is 9.72 Å². The normalized spacial score (nSPS) is 36.2. The molecule has 1 heterocycles. The van der Waals surface area contributed by atoms with Gasteiger partial charge in [-0.2, -0.15) is 0 Å². The van der Waals surface area contributed by atoms with Crippen LogP contribution in [0.1, 0.15) is 123 Å². The monoisotopic (exact) mass is 639 g/mol. The van der Waals surface area contributed by atoms with Gasteiger partial charge in [0.2, 0.25) is 11.7 Å². The van der Waals surface area contributed by atoms with Gasteiger partial charge in [-0.3, -0.25) is 24.4 Å². The predicted molar refractivity (Wildman–Crippen MR) is 183 cm³/mol. The van der Waals surface area contributed by atoms with Crippen LogP contribution in [0.5, 0.6) is 0 Å². The van der Waals surface area contributed by atoms with Crippen molar-refractivity contribution in [1.29, 1.82) is 0 Å². The minimum absolute atomic E-state index is 0.0132. The Bertz CT molecular complexity index is 1720. The number of allylic oxidation sites excluding steroid dienone is 7. The quantitative estimate of drug-likeness (QED) is 0.328. The molecule has 7 heteroatoms. The SMILES string of the molecule is CCC(=O)OC1=C(C)C2=CC=C3[C@@](C)(CC[C@@]4(C)[C@@H]5C[C@](C)(C(=O)NCc6nc(C)c(C)nc6C)CC[C@]5(C)CC[C@]34C)C2=CC1=O. The Balaban J connectivity index is 1.31. The first kappa shape index (κ1) is 33.5. The minimum atomic E-state index is -0.464. The van der Waals surface area contributed by atoms with Gasteiger partial charge in [0.25, 0.3) is 0 Å². The number of amides is 1. The lowest BCUT2D eigenvalue weighted by Gasteiger charge is -2.70. The first-order chi connectivity index (χ1) is 21.9. The maximum Gasteiger partial charge on any atom is 0.311 e. The van der Waals surface area contributed by atoms with E-state index in [0.717, 1.165) is 84.4 Å². The standard InChI is InChI=1S/C40H53N3O4/c1-11-33(45)47-34-23(2)27-12-13-31-38(8,28(27)20-30(34)44)17-19-40(10)32-21-37(7,15-14-36(32,6)16-18-39(31,40)9)35(46)41-22-29-26(5)42-24(3)25(4)43-29/h12-13,20,32H,11,14-19,21-22H2,1-10H3,(H,41,46)/t32-,36-,37-,38+,39-,40+/m1/s1. The number of hydrogen-bond donors (Lipinski definition) is 1. The van der Waals surface area contributed by atoms with Gasteiger partial charge >= 0.3 is 5.97 Å². The van der Waals surface area contributed by atoms with Crippen LogP contribution in [-0.4, -0.2) is 27.6 Å². The maximum atomic E-state index is 14.0. The van der Waals surface area contributed by atoms with Gasteiger partial charge in [0.05, 0.1) is 29.3 Å². The van der Waals surface area contributed by atoms with Crippen molar-refractivity contribution in [2.45, 2.75) is 127 Å². The van der Waals surface area contributed by atoms with E-state index in [-0.39, 0.29) is 45.5 Å². The van der Waals surface area contributed by atoms with Crippen LogP contribution in [0.4, 0.5) is 0 Å². The number of nitrogens with zero attached hydrogens (tertiary/aromatic N) is 2. The molecule has 0 saturated heterocycles. The second-order valence-corrected chi connectivity index (χ2v) is 16.5. The van der Waals surface area contributed by atoms with Gasteiger partial charge in [-0.25, -0.2) is 0 Å². The molecule has 6 rings (SSSR count). The Labute approximate surface area is 280 Å². The molecule has 6 atom stereocenters. The molecule has 5 aliphatic rings. The van der Waals surface area contributed by atoms with E-state index in [1.165, 1.54) is 5.57 Å². The Hall–Kier alpha value is -3.35. The molecule has 1 aromatic rings.